The third-order valence-corrected chi connectivity index (χ3v) is 5.96. The van der Waals surface area contributed by atoms with Gasteiger partial charge in [-0.3, -0.25) is 10.1 Å². The number of carbonyl (C=O) groups excluding carboxylic acids is 1. The molecule has 6 heteroatoms. The predicted octanol–water partition coefficient (Wildman–Crippen LogP) is 5.02. The molecule has 0 saturated heterocycles. The van der Waals surface area contributed by atoms with Crippen LogP contribution in [0.25, 0.3) is 10.6 Å². The third kappa shape index (κ3) is 4.46. The Hall–Kier alpha value is -2.18. The van der Waals surface area contributed by atoms with E-state index in [4.69, 9.17) is 0 Å². The molecule has 1 unspecified atom stereocenters. The van der Waals surface area contributed by atoms with Gasteiger partial charge in [0.1, 0.15) is 5.01 Å². The second-order valence-corrected chi connectivity index (χ2v) is 7.80. The highest BCUT2D eigenvalue weighted by Gasteiger charge is 2.20. The highest BCUT2D eigenvalue weighted by Crippen LogP contribution is 2.30. The number of nitrogens with zero attached hydrogens (tertiary/aromatic N) is 2. The van der Waals surface area contributed by atoms with Crippen LogP contribution >= 0.6 is 23.1 Å². The summed E-state index contributed by atoms with van der Waals surface area (Å²) in [6.07, 6.45) is 0.745. The number of benzene rings is 2. The fourth-order valence-electron chi connectivity index (χ4n) is 2.37. The normalized spacial score (nSPS) is 11.9. The Balaban J connectivity index is 1.69. The number of carbonyl (C=O) groups is 1. The van der Waals surface area contributed by atoms with Crippen LogP contribution in [0.2, 0.25) is 0 Å². The number of rotatable bonds is 6. The molecule has 3 rings (SSSR count). The zero-order valence-corrected chi connectivity index (χ0v) is 15.7. The molecule has 1 atom stereocenters. The maximum atomic E-state index is 12.6. The SMILES string of the molecule is CCC(Sc1ccccc1)C(=O)Nc1nnc(-c2ccccc2C)s1. The first-order valence-corrected chi connectivity index (χ1v) is 9.79. The Bertz CT molecular complexity index is 849. The van der Waals surface area contributed by atoms with Crippen LogP contribution in [0.1, 0.15) is 18.9 Å². The molecule has 0 radical (unpaired) electrons. The van der Waals surface area contributed by atoms with Crippen LogP contribution in [0.5, 0.6) is 0 Å². The van der Waals surface area contributed by atoms with Crippen molar-refractivity contribution in [1.82, 2.24) is 10.2 Å². The fourth-order valence-corrected chi connectivity index (χ4v) is 4.18. The van der Waals surface area contributed by atoms with E-state index in [1.165, 1.54) is 11.3 Å². The number of aryl methyl sites for hydroxylation is 1. The molecule has 1 aromatic heterocycles. The first-order valence-electron chi connectivity index (χ1n) is 8.09. The quantitative estimate of drug-likeness (QED) is 0.620. The van der Waals surface area contributed by atoms with Crippen LogP contribution in [-0.2, 0) is 4.79 Å². The van der Waals surface area contributed by atoms with Crippen molar-refractivity contribution in [3.05, 3.63) is 60.2 Å². The average molecular weight is 370 g/mol. The molecule has 0 aliphatic carbocycles. The average Bonchev–Trinajstić information content (AvgIpc) is 3.09. The van der Waals surface area contributed by atoms with E-state index in [9.17, 15) is 4.79 Å². The summed E-state index contributed by atoms with van der Waals surface area (Å²) in [5.41, 5.74) is 2.19. The largest absolute Gasteiger partial charge is 0.300 e. The molecule has 1 N–H and O–H groups in total. The summed E-state index contributed by atoms with van der Waals surface area (Å²) in [7, 11) is 0. The molecule has 2 aromatic carbocycles. The zero-order chi connectivity index (χ0) is 17.6. The van der Waals surface area contributed by atoms with Gasteiger partial charge in [-0.2, -0.15) is 0 Å². The van der Waals surface area contributed by atoms with E-state index in [2.05, 4.69) is 15.5 Å². The van der Waals surface area contributed by atoms with E-state index >= 15 is 0 Å². The summed E-state index contributed by atoms with van der Waals surface area (Å²) in [5, 5.41) is 12.4. The van der Waals surface area contributed by atoms with Crippen molar-refractivity contribution < 1.29 is 4.79 Å². The first kappa shape index (κ1) is 17.6. The monoisotopic (exact) mass is 369 g/mol. The first-order chi connectivity index (χ1) is 12.2. The molecule has 128 valence electrons. The Kier molecular flexibility index (Phi) is 5.83. The van der Waals surface area contributed by atoms with Crippen molar-refractivity contribution in [2.45, 2.75) is 30.4 Å². The molecule has 0 saturated carbocycles. The maximum absolute atomic E-state index is 12.6. The number of thioether (sulfide) groups is 1. The molecule has 25 heavy (non-hydrogen) atoms. The summed E-state index contributed by atoms with van der Waals surface area (Å²) in [5.74, 6) is -0.0381. The van der Waals surface area contributed by atoms with Gasteiger partial charge in [-0.15, -0.1) is 22.0 Å². The lowest BCUT2D eigenvalue weighted by Crippen LogP contribution is -2.24. The molecule has 0 aliphatic heterocycles. The molecule has 0 spiro atoms. The summed E-state index contributed by atoms with van der Waals surface area (Å²) < 4.78 is 0. The standard InChI is InChI=1S/C19H19N3OS2/c1-3-16(24-14-10-5-4-6-11-14)17(23)20-19-22-21-18(25-19)15-12-8-7-9-13(15)2/h4-12,16H,3H2,1-2H3,(H,20,22,23). The molecule has 1 heterocycles. The fraction of sp³-hybridized carbons (Fsp3) is 0.211. The lowest BCUT2D eigenvalue weighted by Gasteiger charge is -2.13. The highest BCUT2D eigenvalue weighted by molar-refractivity contribution is 8.00. The van der Waals surface area contributed by atoms with Crippen molar-refractivity contribution in [2.24, 2.45) is 0 Å². The highest BCUT2D eigenvalue weighted by atomic mass is 32.2. The lowest BCUT2D eigenvalue weighted by molar-refractivity contribution is -0.115. The van der Waals surface area contributed by atoms with Crippen molar-refractivity contribution in [3.8, 4) is 10.6 Å². The number of aromatic nitrogens is 2. The van der Waals surface area contributed by atoms with Gasteiger partial charge in [-0.05, 0) is 31.0 Å². The Morgan fingerprint density at radius 2 is 1.84 bits per heavy atom. The smallest absolute Gasteiger partial charge is 0.239 e. The third-order valence-electron chi connectivity index (χ3n) is 3.72. The van der Waals surface area contributed by atoms with Gasteiger partial charge >= 0.3 is 0 Å². The van der Waals surface area contributed by atoms with Crippen LogP contribution in [-0.4, -0.2) is 21.4 Å². The van der Waals surface area contributed by atoms with Crippen molar-refractivity contribution in [1.29, 1.82) is 0 Å². The summed E-state index contributed by atoms with van der Waals surface area (Å²) in [6, 6.07) is 18.0. The van der Waals surface area contributed by atoms with E-state index in [1.54, 1.807) is 11.8 Å². The maximum Gasteiger partial charge on any atom is 0.239 e. The van der Waals surface area contributed by atoms with Crippen LogP contribution in [0.3, 0.4) is 0 Å². The molecular weight excluding hydrogens is 350 g/mol. The van der Waals surface area contributed by atoms with Crippen LogP contribution in [0, 0.1) is 6.92 Å². The van der Waals surface area contributed by atoms with Gasteiger partial charge in [0.25, 0.3) is 0 Å². The van der Waals surface area contributed by atoms with E-state index in [0.29, 0.717) is 5.13 Å². The Labute approximate surface area is 155 Å². The zero-order valence-electron chi connectivity index (χ0n) is 14.1. The van der Waals surface area contributed by atoms with E-state index in [1.807, 2.05) is 68.4 Å². The van der Waals surface area contributed by atoms with Gasteiger partial charge in [0.2, 0.25) is 11.0 Å². The second-order valence-electron chi connectivity index (χ2n) is 5.54. The van der Waals surface area contributed by atoms with E-state index in [0.717, 1.165) is 27.5 Å². The van der Waals surface area contributed by atoms with Gasteiger partial charge in [0.05, 0.1) is 5.25 Å². The molecule has 0 bridgehead atoms. The van der Waals surface area contributed by atoms with E-state index in [-0.39, 0.29) is 11.2 Å². The van der Waals surface area contributed by atoms with Gasteiger partial charge < -0.3 is 0 Å². The van der Waals surface area contributed by atoms with Crippen molar-refractivity contribution in [2.75, 3.05) is 5.32 Å². The van der Waals surface area contributed by atoms with Gasteiger partial charge in [0.15, 0.2) is 0 Å². The molecule has 0 aliphatic rings. The minimum atomic E-state index is -0.159. The van der Waals surface area contributed by atoms with Gasteiger partial charge in [0, 0.05) is 10.5 Å². The number of nitrogens with one attached hydrogen (secondary N) is 1. The number of hydrogen-bond donors (Lipinski definition) is 1. The minimum Gasteiger partial charge on any atom is -0.300 e. The topological polar surface area (TPSA) is 54.9 Å². The molecule has 3 aromatic rings. The number of anilines is 1. The molecular formula is C19H19N3OS2. The molecule has 1 amide bonds. The van der Waals surface area contributed by atoms with E-state index < -0.39 is 0 Å². The number of amides is 1. The van der Waals surface area contributed by atoms with Crippen LogP contribution in [0.4, 0.5) is 5.13 Å². The second kappa shape index (κ2) is 8.27. The van der Waals surface area contributed by atoms with Gasteiger partial charge in [-0.1, -0.05) is 60.7 Å². The predicted molar refractivity (Wildman–Crippen MR) is 105 cm³/mol. The van der Waals surface area contributed by atoms with Crippen molar-refractivity contribution in [3.63, 3.8) is 0 Å². The van der Waals surface area contributed by atoms with Crippen LogP contribution in [0.15, 0.2) is 59.5 Å². The Morgan fingerprint density at radius 3 is 2.56 bits per heavy atom. The van der Waals surface area contributed by atoms with Crippen molar-refractivity contribution >= 4 is 34.1 Å². The Morgan fingerprint density at radius 1 is 1.12 bits per heavy atom. The van der Waals surface area contributed by atoms with Crippen LogP contribution < -0.4 is 5.32 Å². The molecule has 4 nitrogen and oxygen atoms in total. The molecule has 0 fully saturated rings. The summed E-state index contributed by atoms with van der Waals surface area (Å²) in [6.45, 7) is 4.05. The lowest BCUT2D eigenvalue weighted by atomic mass is 10.1. The number of hydrogen-bond acceptors (Lipinski definition) is 5. The van der Waals surface area contributed by atoms with Gasteiger partial charge in [-0.25, -0.2) is 0 Å². The minimum absolute atomic E-state index is 0.0381. The summed E-state index contributed by atoms with van der Waals surface area (Å²) in [4.78, 5) is 13.7. The summed E-state index contributed by atoms with van der Waals surface area (Å²) >= 11 is 2.97.